The van der Waals surface area contributed by atoms with Crippen LogP contribution in [0.1, 0.15) is 45.7 Å². The van der Waals surface area contributed by atoms with Crippen molar-refractivity contribution in [3.05, 3.63) is 29.8 Å². The summed E-state index contributed by atoms with van der Waals surface area (Å²) in [6.45, 7) is 11.1. The molecule has 0 radical (unpaired) electrons. The molecule has 3 nitrogen and oxygen atoms in total. The quantitative estimate of drug-likeness (QED) is 0.783. The van der Waals surface area contributed by atoms with E-state index in [9.17, 15) is 0 Å². The second kappa shape index (κ2) is 8.18. The van der Waals surface area contributed by atoms with Crippen molar-refractivity contribution in [1.29, 1.82) is 0 Å². The number of benzene rings is 1. The van der Waals surface area contributed by atoms with Gasteiger partial charge in [0.05, 0.1) is 6.61 Å². The third-order valence-corrected chi connectivity index (χ3v) is 3.39. The summed E-state index contributed by atoms with van der Waals surface area (Å²) in [7, 11) is 0. The monoisotopic (exact) mass is 264 g/mol. The zero-order chi connectivity index (χ0) is 14.3. The molecule has 0 aliphatic carbocycles. The Morgan fingerprint density at radius 2 is 1.79 bits per heavy atom. The summed E-state index contributed by atoms with van der Waals surface area (Å²) in [5, 5.41) is 0. The van der Waals surface area contributed by atoms with Gasteiger partial charge in [-0.1, -0.05) is 26.0 Å². The predicted molar refractivity (Wildman–Crippen MR) is 81.5 cm³/mol. The summed E-state index contributed by atoms with van der Waals surface area (Å²) in [5.41, 5.74) is 7.23. The summed E-state index contributed by atoms with van der Waals surface area (Å²) >= 11 is 0. The van der Waals surface area contributed by atoms with Gasteiger partial charge in [0, 0.05) is 18.6 Å². The van der Waals surface area contributed by atoms with Crippen LogP contribution in [-0.2, 0) is 0 Å². The van der Waals surface area contributed by atoms with E-state index >= 15 is 0 Å². The number of nitrogens with zero attached hydrogens (tertiary/aromatic N) is 1. The first-order valence-electron chi connectivity index (χ1n) is 7.32. The molecule has 0 amide bonds. The lowest BCUT2D eigenvalue weighted by Gasteiger charge is -2.33. The number of ether oxygens (including phenoxy) is 1. The first kappa shape index (κ1) is 16.0. The largest absolute Gasteiger partial charge is 0.494 e. The molecule has 0 aromatic heterocycles. The van der Waals surface area contributed by atoms with Crippen LogP contribution >= 0.6 is 0 Å². The van der Waals surface area contributed by atoms with E-state index in [0.29, 0.717) is 12.6 Å². The van der Waals surface area contributed by atoms with E-state index in [4.69, 9.17) is 10.5 Å². The van der Waals surface area contributed by atoms with E-state index in [1.54, 1.807) is 0 Å². The zero-order valence-corrected chi connectivity index (χ0v) is 12.7. The normalized spacial score (nSPS) is 13.0. The molecule has 0 saturated carbocycles. The second-order valence-electron chi connectivity index (χ2n) is 5.09. The topological polar surface area (TPSA) is 38.5 Å². The van der Waals surface area contributed by atoms with Gasteiger partial charge < -0.3 is 10.5 Å². The molecule has 1 rings (SSSR count). The standard InChI is InChI=1S/C16H28N2O/c1-5-11-19-15-9-7-14(8-10-15)16(12-17)18(6-2)13(3)4/h7-10,13,16H,5-6,11-12,17H2,1-4H3. The summed E-state index contributed by atoms with van der Waals surface area (Å²) in [6, 6.07) is 9.13. The zero-order valence-electron chi connectivity index (χ0n) is 12.7. The molecule has 3 heteroatoms. The van der Waals surface area contributed by atoms with Crippen LogP contribution in [0.2, 0.25) is 0 Å². The maximum absolute atomic E-state index is 5.96. The van der Waals surface area contributed by atoms with Crippen molar-refractivity contribution < 1.29 is 4.74 Å². The summed E-state index contributed by atoms with van der Waals surface area (Å²) in [6.07, 6.45) is 1.03. The average molecular weight is 264 g/mol. The highest BCUT2D eigenvalue weighted by Gasteiger charge is 2.19. The van der Waals surface area contributed by atoms with Crippen molar-refractivity contribution in [3.63, 3.8) is 0 Å². The van der Waals surface area contributed by atoms with Gasteiger partial charge in [0.25, 0.3) is 0 Å². The molecular formula is C16H28N2O. The molecule has 2 N–H and O–H groups in total. The van der Waals surface area contributed by atoms with Crippen molar-refractivity contribution in [3.8, 4) is 5.75 Å². The Balaban J connectivity index is 2.81. The lowest BCUT2D eigenvalue weighted by molar-refractivity contribution is 0.166. The van der Waals surface area contributed by atoms with Gasteiger partial charge >= 0.3 is 0 Å². The second-order valence-corrected chi connectivity index (χ2v) is 5.09. The Labute approximate surface area is 117 Å². The van der Waals surface area contributed by atoms with Crippen molar-refractivity contribution in [1.82, 2.24) is 4.90 Å². The molecule has 1 unspecified atom stereocenters. The number of nitrogens with two attached hydrogens (primary N) is 1. The highest BCUT2D eigenvalue weighted by atomic mass is 16.5. The first-order chi connectivity index (χ1) is 9.13. The SMILES string of the molecule is CCCOc1ccc(C(CN)N(CC)C(C)C)cc1. The average Bonchev–Trinajstić information content (AvgIpc) is 2.42. The fourth-order valence-corrected chi connectivity index (χ4v) is 2.41. The molecule has 0 saturated heterocycles. The van der Waals surface area contributed by atoms with Crippen molar-refractivity contribution in [2.45, 2.75) is 46.2 Å². The first-order valence-corrected chi connectivity index (χ1v) is 7.32. The molecule has 1 atom stereocenters. The van der Waals surface area contributed by atoms with E-state index in [1.165, 1.54) is 5.56 Å². The Morgan fingerprint density at radius 3 is 2.21 bits per heavy atom. The highest BCUT2D eigenvalue weighted by Crippen LogP contribution is 2.24. The van der Waals surface area contributed by atoms with E-state index in [0.717, 1.165) is 25.3 Å². The minimum Gasteiger partial charge on any atom is -0.494 e. The highest BCUT2D eigenvalue weighted by molar-refractivity contribution is 5.29. The van der Waals surface area contributed by atoms with Crippen LogP contribution in [0, 0.1) is 0 Å². The lowest BCUT2D eigenvalue weighted by Crippen LogP contribution is -2.38. The van der Waals surface area contributed by atoms with E-state index in [1.807, 2.05) is 12.1 Å². The van der Waals surface area contributed by atoms with Gasteiger partial charge in [0.1, 0.15) is 5.75 Å². The number of hydrogen-bond donors (Lipinski definition) is 1. The van der Waals surface area contributed by atoms with Gasteiger partial charge in [-0.2, -0.15) is 0 Å². The van der Waals surface area contributed by atoms with Gasteiger partial charge in [-0.15, -0.1) is 0 Å². The Kier molecular flexibility index (Phi) is 6.89. The maximum Gasteiger partial charge on any atom is 0.119 e. The molecule has 0 bridgehead atoms. The smallest absolute Gasteiger partial charge is 0.119 e. The van der Waals surface area contributed by atoms with Crippen LogP contribution in [0.3, 0.4) is 0 Å². The van der Waals surface area contributed by atoms with Crippen LogP contribution in [0.5, 0.6) is 5.75 Å². The van der Waals surface area contributed by atoms with Gasteiger partial charge in [0.15, 0.2) is 0 Å². The van der Waals surface area contributed by atoms with Crippen LogP contribution in [0.15, 0.2) is 24.3 Å². The third kappa shape index (κ3) is 4.51. The maximum atomic E-state index is 5.96. The van der Waals surface area contributed by atoms with Crippen molar-refractivity contribution in [2.75, 3.05) is 19.7 Å². The van der Waals surface area contributed by atoms with Crippen LogP contribution in [-0.4, -0.2) is 30.6 Å². The van der Waals surface area contributed by atoms with Crippen LogP contribution in [0.4, 0.5) is 0 Å². The molecule has 19 heavy (non-hydrogen) atoms. The fraction of sp³-hybridized carbons (Fsp3) is 0.625. The Hall–Kier alpha value is -1.06. The molecule has 0 aliphatic rings. The minimum atomic E-state index is 0.283. The van der Waals surface area contributed by atoms with Crippen molar-refractivity contribution in [2.24, 2.45) is 5.73 Å². The van der Waals surface area contributed by atoms with E-state index in [-0.39, 0.29) is 6.04 Å². The fourth-order valence-electron chi connectivity index (χ4n) is 2.41. The number of likely N-dealkylation sites (N-methyl/N-ethyl adjacent to an activating group) is 1. The minimum absolute atomic E-state index is 0.283. The van der Waals surface area contributed by atoms with Gasteiger partial charge in [0.2, 0.25) is 0 Å². The Morgan fingerprint density at radius 1 is 1.16 bits per heavy atom. The molecule has 0 fully saturated rings. The third-order valence-electron chi connectivity index (χ3n) is 3.39. The van der Waals surface area contributed by atoms with Gasteiger partial charge in [-0.25, -0.2) is 0 Å². The molecule has 0 spiro atoms. The molecule has 108 valence electrons. The summed E-state index contributed by atoms with van der Waals surface area (Å²) in [5.74, 6) is 0.939. The van der Waals surface area contributed by atoms with E-state index < -0.39 is 0 Å². The summed E-state index contributed by atoms with van der Waals surface area (Å²) in [4.78, 5) is 2.42. The van der Waals surface area contributed by atoms with Crippen LogP contribution < -0.4 is 10.5 Å². The van der Waals surface area contributed by atoms with Crippen molar-refractivity contribution >= 4 is 0 Å². The molecule has 1 aromatic rings. The lowest BCUT2D eigenvalue weighted by atomic mass is 10.0. The Bertz CT molecular complexity index is 348. The number of rotatable bonds is 8. The molecule has 0 heterocycles. The molecule has 1 aromatic carbocycles. The molecular weight excluding hydrogens is 236 g/mol. The van der Waals surface area contributed by atoms with Gasteiger partial charge in [-0.05, 0) is 44.5 Å². The van der Waals surface area contributed by atoms with E-state index in [2.05, 4.69) is 44.7 Å². The number of hydrogen-bond acceptors (Lipinski definition) is 3. The predicted octanol–water partition coefficient (Wildman–Crippen LogP) is 3.21. The van der Waals surface area contributed by atoms with Crippen LogP contribution in [0.25, 0.3) is 0 Å². The molecule has 0 aliphatic heterocycles. The van der Waals surface area contributed by atoms with Gasteiger partial charge in [-0.3, -0.25) is 4.90 Å². The summed E-state index contributed by atoms with van der Waals surface area (Å²) < 4.78 is 5.61.